The number of aromatic amines is 1. The van der Waals surface area contributed by atoms with Crippen LogP contribution in [0.25, 0.3) is 27.8 Å². The van der Waals surface area contributed by atoms with E-state index in [2.05, 4.69) is 25.5 Å². The molecule has 0 saturated heterocycles. The molecule has 0 radical (unpaired) electrons. The van der Waals surface area contributed by atoms with Gasteiger partial charge in [-0.15, -0.1) is 0 Å². The zero-order valence-electron chi connectivity index (χ0n) is 16.3. The summed E-state index contributed by atoms with van der Waals surface area (Å²) in [6.07, 6.45) is 6.74. The molecule has 1 unspecified atom stereocenters. The molecule has 0 saturated carbocycles. The first kappa shape index (κ1) is 19.8. The third-order valence-electron chi connectivity index (χ3n) is 4.88. The number of hydrogen-bond donors (Lipinski definition) is 2. The molecule has 4 aromatic rings. The first-order chi connectivity index (χ1) is 14.3. The third kappa shape index (κ3) is 3.05. The van der Waals surface area contributed by atoms with E-state index in [1.807, 2.05) is 0 Å². The molecule has 9 nitrogen and oxygen atoms in total. The summed E-state index contributed by atoms with van der Waals surface area (Å²) in [5.41, 5.74) is 1.74. The highest BCUT2D eigenvalue weighted by molar-refractivity contribution is 6.35. The van der Waals surface area contributed by atoms with E-state index in [4.69, 9.17) is 11.6 Å². The highest BCUT2D eigenvalue weighted by Crippen LogP contribution is 2.41. The van der Waals surface area contributed by atoms with E-state index in [9.17, 15) is 9.59 Å². The van der Waals surface area contributed by atoms with Gasteiger partial charge in [-0.25, -0.2) is 9.37 Å². The number of benzene rings is 1. The van der Waals surface area contributed by atoms with Gasteiger partial charge in [0.2, 0.25) is 12.3 Å². The molecular weight excluding hydrogens is 413 g/mol. The third-order valence-corrected chi connectivity index (χ3v) is 5.23. The number of halogens is 2. The molecule has 0 fully saturated rings. The maximum Gasteiger partial charge on any atom is 0.229 e. The van der Waals surface area contributed by atoms with E-state index in [1.165, 1.54) is 17.3 Å². The smallest absolute Gasteiger partial charge is 0.229 e. The summed E-state index contributed by atoms with van der Waals surface area (Å²) in [7, 11) is 3.21. The van der Waals surface area contributed by atoms with Crippen LogP contribution in [0.3, 0.4) is 0 Å². The van der Waals surface area contributed by atoms with Crippen LogP contribution in [0.1, 0.15) is 18.4 Å². The number of likely N-dealkylation sites (N-methyl/N-ethyl adjacent to an activating group) is 1. The van der Waals surface area contributed by atoms with Crippen LogP contribution in [-0.4, -0.2) is 55.9 Å². The Morgan fingerprint density at radius 2 is 2.13 bits per heavy atom. The lowest BCUT2D eigenvalue weighted by Crippen LogP contribution is -2.27. The number of rotatable bonds is 5. The second kappa shape index (κ2) is 7.38. The van der Waals surface area contributed by atoms with Crippen LogP contribution < -0.4 is 5.32 Å². The molecule has 0 spiro atoms. The molecule has 0 aliphatic rings. The summed E-state index contributed by atoms with van der Waals surface area (Å²) in [6, 6.07) is 0. The second-order valence-corrected chi connectivity index (χ2v) is 7.33. The average molecular weight is 430 g/mol. The van der Waals surface area contributed by atoms with Crippen LogP contribution in [0, 0.1) is 5.82 Å². The van der Waals surface area contributed by atoms with E-state index in [-0.39, 0.29) is 16.5 Å². The Kier molecular flexibility index (Phi) is 4.86. The fourth-order valence-electron chi connectivity index (χ4n) is 3.46. The number of aromatic nitrogens is 5. The van der Waals surface area contributed by atoms with E-state index >= 15 is 4.39 Å². The predicted octanol–water partition coefficient (Wildman–Crippen LogP) is 2.83. The van der Waals surface area contributed by atoms with Gasteiger partial charge in [0.25, 0.3) is 0 Å². The number of nitrogens with zero attached hydrogens (tertiary/aromatic N) is 5. The second-order valence-electron chi connectivity index (χ2n) is 6.96. The van der Waals surface area contributed by atoms with Gasteiger partial charge >= 0.3 is 0 Å². The maximum atomic E-state index is 15.4. The van der Waals surface area contributed by atoms with Crippen molar-refractivity contribution in [3.8, 4) is 11.3 Å². The SMILES string of the molecule is CC(C(=O)N(C)C)c1c(F)c(Cl)c(-c2cn3cc(NC=O)nc3cn2)c2cn[nH]c12. The van der Waals surface area contributed by atoms with E-state index in [1.54, 1.807) is 37.8 Å². The lowest BCUT2D eigenvalue weighted by atomic mass is 9.93. The highest BCUT2D eigenvalue weighted by Gasteiger charge is 2.29. The number of hydrogen-bond acceptors (Lipinski definition) is 5. The number of anilines is 1. The van der Waals surface area contributed by atoms with Crippen LogP contribution >= 0.6 is 11.6 Å². The molecule has 0 aliphatic heterocycles. The molecule has 0 aliphatic carbocycles. The van der Waals surface area contributed by atoms with Crippen molar-refractivity contribution in [2.24, 2.45) is 0 Å². The van der Waals surface area contributed by atoms with E-state index in [0.29, 0.717) is 40.0 Å². The fraction of sp³-hybridized carbons (Fsp3) is 0.211. The first-order valence-corrected chi connectivity index (χ1v) is 9.31. The summed E-state index contributed by atoms with van der Waals surface area (Å²) < 4.78 is 17.0. The van der Waals surface area contributed by atoms with Gasteiger partial charge in [-0.1, -0.05) is 11.6 Å². The van der Waals surface area contributed by atoms with Crippen LogP contribution in [0.4, 0.5) is 10.2 Å². The molecule has 1 atom stereocenters. The van der Waals surface area contributed by atoms with Crippen LogP contribution in [0.15, 0.2) is 24.8 Å². The van der Waals surface area contributed by atoms with E-state index < -0.39 is 11.7 Å². The summed E-state index contributed by atoms with van der Waals surface area (Å²) in [5.74, 6) is -1.39. The molecule has 2 amide bonds. The van der Waals surface area contributed by atoms with Crippen molar-refractivity contribution in [1.29, 1.82) is 0 Å². The molecule has 3 heterocycles. The predicted molar refractivity (Wildman–Crippen MR) is 110 cm³/mol. The van der Waals surface area contributed by atoms with Gasteiger partial charge in [0.15, 0.2) is 11.5 Å². The topological polar surface area (TPSA) is 108 Å². The molecule has 154 valence electrons. The highest BCUT2D eigenvalue weighted by atomic mass is 35.5. The van der Waals surface area contributed by atoms with Gasteiger partial charge in [-0.2, -0.15) is 5.10 Å². The molecule has 11 heteroatoms. The Morgan fingerprint density at radius 3 is 2.83 bits per heavy atom. The Morgan fingerprint density at radius 1 is 1.37 bits per heavy atom. The van der Waals surface area contributed by atoms with Crippen molar-refractivity contribution in [2.75, 3.05) is 19.4 Å². The van der Waals surface area contributed by atoms with Gasteiger partial charge in [0, 0.05) is 36.8 Å². The molecule has 3 aromatic heterocycles. The van der Waals surface area contributed by atoms with Gasteiger partial charge in [-0.05, 0) is 6.92 Å². The zero-order valence-corrected chi connectivity index (χ0v) is 17.0. The Labute approximate surface area is 174 Å². The lowest BCUT2D eigenvalue weighted by molar-refractivity contribution is -0.129. The standard InChI is InChI=1S/C19H17ClFN7O2/c1-9(19(30)27(2)3)14-17(21)16(20)15(10-4-24-26-18(10)14)11-6-28-7-12(23-8-29)25-13(28)5-22-11/h4-9H,1-3H3,(H,23,29)(H,24,26). The minimum absolute atomic E-state index is 0.149. The first-order valence-electron chi connectivity index (χ1n) is 8.93. The molecule has 4 rings (SSSR count). The number of H-pyrrole nitrogens is 1. The monoisotopic (exact) mass is 429 g/mol. The van der Waals surface area contributed by atoms with Crippen molar-refractivity contribution in [3.63, 3.8) is 0 Å². The minimum Gasteiger partial charge on any atom is -0.348 e. The van der Waals surface area contributed by atoms with Gasteiger partial charge in [0.05, 0.1) is 40.7 Å². The quantitative estimate of drug-likeness (QED) is 0.474. The van der Waals surface area contributed by atoms with Crippen LogP contribution in [-0.2, 0) is 9.59 Å². The number of fused-ring (bicyclic) bond motifs is 2. The Bertz CT molecular complexity index is 1300. The number of amides is 2. The number of carbonyl (C=O) groups excluding carboxylic acids is 2. The van der Waals surface area contributed by atoms with Gasteiger partial charge < -0.3 is 14.6 Å². The molecule has 1 aromatic carbocycles. The van der Waals surface area contributed by atoms with Crippen molar-refractivity contribution >= 4 is 46.3 Å². The molecule has 30 heavy (non-hydrogen) atoms. The lowest BCUT2D eigenvalue weighted by Gasteiger charge is -2.20. The fourth-order valence-corrected chi connectivity index (χ4v) is 3.76. The van der Waals surface area contributed by atoms with E-state index in [0.717, 1.165) is 0 Å². The summed E-state index contributed by atoms with van der Waals surface area (Å²) in [5, 5.41) is 9.66. The average Bonchev–Trinajstić information content (AvgIpc) is 3.34. The van der Waals surface area contributed by atoms with Crippen molar-refractivity contribution in [1.82, 2.24) is 29.5 Å². The normalized spacial score (nSPS) is 12.3. The van der Waals surface area contributed by atoms with Gasteiger partial charge in [-0.3, -0.25) is 19.7 Å². The summed E-state index contributed by atoms with van der Waals surface area (Å²) in [4.78, 5) is 33.0. The van der Waals surface area contributed by atoms with Crippen molar-refractivity contribution < 1.29 is 14.0 Å². The number of nitrogens with one attached hydrogen (secondary N) is 2. The minimum atomic E-state index is -0.768. The Balaban J connectivity index is 1.93. The summed E-state index contributed by atoms with van der Waals surface area (Å²) in [6.45, 7) is 1.62. The Hall–Kier alpha value is -3.53. The molecule has 0 bridgehead atoms. The molecular formula is C19H17ClFN7O2. The zero-order chi connectivity index (χ0) is 21.6. The molecule has 2 N–H and O–H groups in total. The summed E-state index contributed by atoms with van der Waals surface area (Å²) >= 11 is 6.44. The van der Waals surface area contributed by atoms with Crippen molar-refractivity contribution in [2.45, 2.75) is 12.8 Å². The van der Waals surface area contributed by atoms with Crippen molar-refractivity contribution in [3.05, 3.63) is 41.2 Å². The number of carbonyl (C=O) groups is 2. The van der Waals surface area contributed by atoms with Crippen LogP contribution in [0.5, 0.6) is 0 Å². The maximum absolute atomic E-state index is 15.4. The van der Waals surface area contributed by atoms with Gasteiger partial charge in [0.1, 0.15) is 5.82 Å². The number of imidazole rings is 1. The van der Waals surface area contributed by atoms with Crippen LogP contribution in [0.2, 0.25) is 5.02 Å². The largest absolute Gasteiger partial charge is 0.348 e.